The average Bonchev–Trinajstić information content (AvgIpc) is 3.42. The zero-order valence-corrected chi connectivity index (χ0v) is 20.3. The van der Waals surface area contributed by atoms with E-state index in [1.165, 1.54) is 6.08 Å². The summed E-state index contributed by atoms with van der Waals surface area (Å²) in [5.41, 5.74) is 3.82. The van der Waals surface area contributed by atoms with Gasteiger partial charge in [0.25, 0.3) is 0 Å². The molecule has 5 rings (SSSR count). The first-order chi connectivity index (χ1) is 17.5. The van der Waals surface area contributed by atoms with Crippen LogP contribution in [0.1, 0.15) is 34.0 Å². The Morgan fingerprint density at radius 3 is 2.64 bits per heavy atom. The van der Waals surface area contributed by atoms with E-state index in [1.807, 2.05) is 54.7 Å². The molecule has 0 bridgehead atoms. The van der Waals surface area contributed by atoms with Gasteiger partial charge in [0.15, 0.2) is 5.76 Å². The summed E-state index contributed by atoms with van der Waals surface area (Å²) in [7, 11) is 1.63. The van der Waals surface area contributed by atoms with E-state index < -0.39 is 5.97 Å². The Morgan fingerprint density at radius 2 is 1.89 bits per heavy atom. The molecule has 6 heteroatoms. The molecule has 1 aliphatic heterocycles. The summed E-state index contributed by atoms with van der Waals surface area (Å²) in [5, 5.41) is 0.965. The molecule has 6 nitrogen and oxygen atoms in total. The van der Waals surface area contributed by atoms with Crippen LogP contribution in [-0.2, 0) is 11.3 Å². The fourth-order valence-corrected chi connectivity index (χ4v) is 4.30. The molecule has 3 aromatic carbocycles. The summed E-state index contributed by atoms with van der Waals surface area (Å²) < 4.78 is 19.0. The summed E-state index contributed by atoms with van der Waals surface area (Å²) in [6, 6.07) is 18.6. The Balaban J connectivity index is 1.42. The van der Waals surface area contributed by atoms with E-state index in [1.54, 1.807) is 38.3 Å². The largest absolute Gasteiger partial charge is 0.497 e. The third-order valence-corrected chi connectivity index (χ3v) is 6.20. The van der Waals surface area contributed by atoms with E-state index in [2.05, 4.69) is 11.5 Å². The van der Waals surface area contributed by atoms with Gasteiger partial charge < -0.3 is 18.8 Å². The van der Waals surface area contributed by atoms with Crippen molar-refractivity contribution in [2.75, 3.05) is 7.11 Å². The number of carbonyl (C=O) groups excluding carboxylic acids is 2. The summed E-state index contributed by atoms with van der Waals surface area (Å²) >= 11 is 0. The number of Topliss-reactive ketones (excluding diaryl/α,β-unsaturated/α-hetero) is 1. The van der Waals surface area contributed by atoms with E-state index >= 15 is 0 Å². The van der Waals surface area contributed by atoms with Crippen molar-refractivity contribution < 1.29 is 23.8 Å². The van der Waals surface area contributed by atoms with Crippen molar-refractivity contribution in [1.82, 2.24) is 4.57 Å². The molecule has 1 aliphatic rings. The van der Waals surface area contributed by atoms with E-state index in [9.17, 15) is 9.59 Å². The van der Waals surface area contributed by atoms with Crippen molar-refractivity contribution in [3.63, 3.8) is 0 Å². The highest BCUT2D eigenvalue weighted by molar-refractivity contribution is 6.15. The Hall–Kier alpha value is -4.58. The minimum atomic E-state index is -0.511. The molecule has 0 unspecified atom stereocenters. The predicted octanol–water partition coefficient (Wildman–Crippen LogP) is 6.21. The SMILES string of the molecule is CCn1cc(/C=C2/Oc3c(ccc(OC(=O)/C=C/c4ccccc4)c3C)C2=O)c2cc(OC)ccc21. The van der Waals surface area contributed by atoms with Gasteiger partial charge in [0, 0.05) is 40.8 Å². The molecule has 0 amide bonds. The van der Waals surface area contributed by atoms with Gasteiger partial charge in [-0.25, -0.2) is 4.79 Å². The van der Waals surface area contributed by atoms with Gasteiger partial charge in [-0.15, -0.1) is 0 Å². The molecule has 2 heterocycles. The van der Waals surface area contributed by atoms with Crippen LogP contribution in [0.5, 0.6) is 17.2 Å². The maximum atomic E-state index is 13.1. The van der Waals surface area contributed by atoms with Crippen LogP contribution in [0, 0.1) is 6.92 Å². The van der Waals surface area contributed by atoms with Crippen molar-refractivity contribution >= 4 is 34.8 Å². The van der Waals surface area contributed by atoms with Crippen LogP contribution in [0.15, 0.2) is 78.7 Å². The first kappa shape index (κ1) is 23.2. The molecule has 0 N–H and O–H groups in total. The molecular formula is C30H25NO5. The number of hydrogen-bond acceptors (Lipinski definition) is 5. The summed E-state index contributed by atoms with van der Waals surface area (Å²) in [6.45, 7) is 4.62. The van der Waals surface area contributed by atoms with Crippen molar-refractivity contribution in [2.24, 2.45) is 0 Å². The maximum absolute atomic E-state index is 13.1. The topological polar surface area (TPSA) is 66.8 Å². The molecular weight excluding hydrogens is 454 g/mol. The Kier molecular flexibility index (Phi) is 6.17. The molecule has 4 aromatic rings. The van der Waals surface area contributed by atoms with Crippen molar-refractivity contribution in [3.05, 3.63) is 101 Å². The number of carbonyl (C=O) groups is 2. The van der Waals surface area contributed by atoms with Crippen LogP contribution >= 0.6 is 0 Å². The summed E-state index contributed by atoms with van der Waals surface area (Å²) in [5.74, 6) is 0.983. The van der Waals surface area contributed by atoms with Crippen LogP contribution in [-0.4, -0.2) is 23.4 Å². The van der Waals surface area contributed by atoms with E-state index in [0.717, 1.165) is 34.3 Å². The number of allylic oxidation sites excluding steroid dienone is 1. The normalized spacial score (nSPS) is 13.9. The third-order valence-electron chi connectivity index (χ3n) is 6.20. The van der Waals surface area contributed by atoms with Crippen molar-refractivity contribution in [1.29, 1.82) is 0 Å². The van der Waals surface area contributed by atoms with Gasteiger partial charge in [-0.05, 0) is 61.9 Å². The van der Waals surface area contributed by atoms with Crippen LogP contribution in [0.3, 0.4) is 0 Å². The second kappa shape index (κ2) is 9.58. The monoisotopic (exact) mass is 479 g/mol. The van der Waals surface area contributed by atoms with Crippen LogP contribution in [0.4, 0.5) is 0 Å². The number of aryl methyl sites for hydroxylation is 1. The van der Waals surface area contributed by atoms with Crippen molar-refractivity contribution in [3.8, 4) is 17.2 Å². The number of esters is 1. The minimum Gasteiger partial charge on any atom is -0.497 e. The smallest absolute Gasteiger partial charge is 0.336 e. The standard InChI is InChI=1S/C30H25NO5/c1-4-31-18-21(24-17-22(34-3)11-13-25(24)31)16-27-29(33)23-12-14-26(19(2)30(23)36-27)35-28(32)15-10-20-8-6-5-7-9-20/h5-18H,4H2,1-3H3/b15-10+,27-16+. The number of nitrogens with zero attached hydrogens (tertiary/aromatic N) is 1. The number of benzene rings is 3. The average molecular weight is 480 g/mol. The van der Waals surface area contributed by atoms with Gasteiger partial charge >= 0.3 is 5.97 Å². The van der Waals surface area contributed by atoms with E-state index in [-0.39, 0.29) is 11.5 Å². The Labute approximate surface area is 209 Å². The van der Waals surface area contributed by atoms with Gasteiger partial charge in [0.05, 0.1) is 12.7 Å². The van der Waals surface area contributed by atoms with Crippen LogP contribution < -0.4 is 14.2 Å². The molecule has 1 aromatic heterocycles. The molecule has 0 radical (unpaired) electrons. The maximum Gasteiger partial charge on any atom is 0.336 e. The summed E-state index contributed by atoms with van der Waals surface area (Å²) in [4.78, 5) is 25.5. The highest BCUT2D eigenvalue weighted by Crippen LogP contribution is 2.40. The Bertz CT molecular complexity index is 1540. The van der Waals surface area contributed by atoms with Gasteiger partial charge in [-0.1, -0.05) is 30.3 Å². The van der Waals surface area contributed by atoms with Crippen LogP contribution in [0.25, 0.3) is 23.1 Å². The molecule has 0 saturated heterocycles. The number of ketones is 1. The predicted molar refractivity (Wildman–Crippen MR) is 139 cm³/mol. The lowest BCUT2D eigenvalue weighted by atomic mass is 10.1. The number of hydrogen-bond donors (Lipinski definition) is 0. The third kappa shape index (κ3) is 4.29. The lowest BCUT2D eigenvalue weighted by molar-refractivity contribution is -0.128. The molecule has 0 fully saturated rings. The lowest BCUT2D eigenvalue weighted by Gasteiger charge is -2.08. The molecule has 0 atom stereocenters. The molecule has 0 aliphatic carbocycles. The number of aromatic nitrogens is 1. The van der Waals surface area contributed by atoms with Crippen LogP contribution in [0.2, 0.25) is 0 Å². The number of ether oxygens (including phenoxy) is 3. The molecule has 180 valence electrons. The first-order valence-electron chi connectivity index (χ1n) is 11.7. The molecule has 0 spiro atoms. The number of rotatable bonds is 6. The number of methoxy groups -OCH3 is 1. The highest BCUT2D eigenvalue weighted by Gasteiger charge is 2.30. The first-order valence-corrected chi connectivity index (χ1v) is 11.7. The zero-order chi connectivity index (χ0) is 25.2. The van der Waals surface area contributed by atoms with Gasteiger partial charge in [0.2, 0.25) is 5.78 Å². The second-order valence-electron chi connectivity index (χ2n) is 8.42. The van der Waals surface area contributed by atoms with Gasteiger partial charge in [0.1, 0.15) is 17.2 Å². The highest BCUT2D eigenvalue weighted by atomic mass is 16.5. The quantitative estimate of drug-likeness (QED) is 0.187. The second-order valence-corrected chi connectivity index (χ2v) is 8.42. The Morgan fingerprint density at radius 1 is 1.08 bits per heavy atom. The van der Waals surface area contributed by atoms with Crippen molar-refractivity contribution in [2.45, 2.75) is 20.4 Å². The van der Waals surface area contributed by atoms with Gasteiger partial charge in [-0.3, -0.25) is 4.79 Å². The van der Waals surface area contributed by atoms with Gasteiger partial charge in [-0.2, -0.15) is 0 Å². The minimum absolute atomic E-state index is 0.213. The van der Waals surface area contributed by atoms with E-state index in [4.69, 9.17) is 14.2 Å². The zero-order valence-electron chi connectivity index (χ0n) is 20.3. The van der Waals surface area contributed by atoms with E-state index in [0.29, 0.717) is 22.6 Å². The fourth-order valence-electron chi connectivity index (χ4n) is 4.30. The number of fused-ring (bicyclic) bond motifs is 2. The lowest BCUT2D eigenvalue weighted by Crippen LogP contribution is -2.05. The molecule has 36 heavy (non-hydrogen) atoms. The summed E-state index contributed by atoms with van der Waals surface area (Å²) in [6.07, 6.45) is 6.81. The molecule has 0 saturated carbocycles. The fraction of sp³-hybridized carbons (Fsp3) is 0.133.